The molecule has 0 rings (SSSR count). The van der Waals surface area contributed by atoms with Gasteiger partial charge in [0.2, 0.25) is 5.91 Å². The largest absolute Gasteiger partial charge is 0.472 e. The van der Waals surface area contributed by atoms with E-state index in [1.165, 1.54) is 122 Å². The molecule has 0 heterocycles. The summed E-state index contributed by atoms with van der Waals surface area (Å²) in [7, 11) is 1.47. The molecule has 0 radical (unpaired) electrons. The topological polar surface area (TPSA) is 111 Å². The SMILES string of the molecule is CC/C=C\C/C=C\C/C=C\C/C=C\C/C=C\C/C=C\CCCCCCCCC(=O)NC(COP(=O)(O)OCC[N+](C)(C)C)C(/C=C\CCCCCCCCCCCCC)OC(=O)CCCCCCCCCCC/C=C\C/C=C\CCCCC. The Morgan fingerprint density at radius 1 is 0.434 bits per heavy atom. The lowest BCUT2D eigenvalue weighted by atomic mass is 10.0. The van der Waals surface area contributed by atoms with E-state index in [0.717, 1.165) is 135 Å². The van der Waals surface area contributed by atoms with Crippen LogP contribution < -0.4 is 5.32 Å². The molecule has 1 amide bonds. The molecule has 0 aliphatic rings. The lowest BCUT2D eigenvalue weighted by Gasteiger charge is -2.27. The molecule has 0 aliphatic carbocycles. The Labute approximate surface area is 512 Å². The van der Waals surface area contributed by atoms with Gasteiger partial charge in [0.25, 0.3) is 0 Å². The molecular weight excluding hydrogens is 1050 g/mol. The van der Waals surface area contributed by atoms with Gasteiger partial charge in [-0.2, -0.15) is 0 Å². The Kier molecular flexibility index (Phi) is 59.3. The van der Waals surface area contributed by atoms with Crippen LogP contribution in [0.3, 0.4) is 0 Å². The molecule has 0 saturated heterocycles. The van der Waals surface area contributed by atoms with Crippen LogP contribution in [0.4, 0.5) is 0 Å². The van der Waals surface area contributed by atoms with Crippen LogP contribution in [0.5, 0.6) is 0 Å². The molecule has 478 valence electrons. The van der Waals surface area contributed by atoms with Crippen molar-refractivity contribution in [2.24, 2.45) is 0 Å². The molecule has 3 unspecified atom stereocenters. The van der Waals surface area contributed by atoms with E-state index in [2.05, 4.69) is 123 Å². The average Bonchev–Trinajstić information content (AvgIpc) is 3.46. The van der Waals surface area contributed by atoms with Gasteiger partial charge in [-0.3, -0.25) is 18.6 Å². The monoisotopic (exact) mass is 1180 g/mol. The number of nitrogens with zero attached hydrogens (tertiary/aromatic N) is 1. The lowest BCUT2D eigenvalue weighted by Crippen LogP contribution is -2.47. The fourth-order valence-electron chi connectivity index (χ4n) is 9.44. The van der Waals surface area contributed by atoms with Crippen LogP contribution in [0.25, 0.3) is 0 Å². The minimum atomic E-state index is -4.47. The molecule has 0 fully saturated rings. The number of hydrogen-bond donors (Lipinski definition) is 2. The van der Waals surface area contributed by atoms with Gasteiger partial charge in [-0.25, -0.2) is 4.57 Å². The molecule has 9 nitrogen and oxygen atoms in total. The number of phosphoric ester groups is 1. The lowest BCUT2D eigenvalue weighted by molar-refractivity contribution is -0.870. The van der Waals surface area contributed by atoms with Gasteiger partial charge in [0, 0.05) is 12.8 Å². The Morgan fingerprint density at radius 3 is 1.18 bits per heavy atom. The Hall–Kier alpha value is -3.33. The molecule has 0 aliphatic heterocycles. The maximum atomic E-state index is 13.6. The Morgan fingerprint density at radius 2 is 0.771 bits per heavy atom. The summed E-state index contributed by atoms with van der Waals surface area (Å²) >= 11 is 0. The molecule has 0 spiro atoms. The molecule has 0 aromatic heterocycles. The van der Waals surface area contributed by atoms with Crippen LogP contribution in [0.15, 0.2) is 109 Å². The number of amides is 1. The number of carbonyl (C=O) groups excluding carboxylic acids is 2. The van der Waals surface area contributed by atoms with Crippen molar-refractivity contribution in [1.29, 1.82) is 0 Å². The quantitative estimate of drug-likeness (QED) is 0.0205. The second kappa shape index (κ2) is 61.7. The van der Waals surface area contributed by atoms with Gasteiger partial charge in [0.05, 0.1) is 33.8 Å². The average molecular weight is 1180 g/mol. The summed E-state index contributed by atoms with van der Waals surface area (Å²) in [6, 6.07) is -0.866. The first-order chi connectivity index (χ1) is 40.4. The molecule has 2 N–H and O–H groups in total. The third-order valence-corrected chi connectivity index (χ3v) is 15.7. The number of nitrogens with one attached hydrogen (secondary N) is 1. The molecule has 10 heteroatoms. The minimum absolute atomic E-state index is 0.0314. The number of unbranched alkanes of at least 4 members (excludes halogenated alkanes) is 29. The van der Waals surface area contributed by atoms with Crippen molar-refractivity contribution in [2.75, 3.05) is 40.9 Å². The zero-order valence-electron chi connectivity index (χ0n) is 54.7. The minimum Gasteiger partial charge on any atom is -0.456 e. The Bertz CT molecular complexity index is 1790. The van der Waals surface area contributed by atoms with Gasteiger partial charge in [0.15, 0.2) is 0 Å². The second-order valence-electron chi connectivity index (χ2n) is 24.0. The molecule has 0 saturated carbocycles. The molecule has 0 aromatic rings. The molecule has 0 bridgehead atoms. The van der Waals surface area contributed by atoms with Crippen LogP contribution in [0, 0.1) is 0 Å². The zero-order chi connectivity index (χ0) is 60.7. The summed E-state index contributed by atoms with van der Waals surface area (Å²) in [4.78, 5) is 37.9. The number of likely N-dealkylation sites (N-methyl/N-ethyl adjacent to an activating group) is 1. The van der Waals surface area contributed by atoms with Crippen LogP contribution in [0.1, 0.15) is 290 Å². The van der Waals surface area contributed by atoms with E-state index in [0.29, 0.717) is 17.4 Å². The van der Waals surface area contributed by atoms with Gasteiger partial charge < -0.3 is 19.4 Å². The van der Waals surface area contributed by atoms with E-state index < -0.39 is 20.0 Å². The molecular formula is C73H130N2O7P+. The van der Waals surface area contributed by atoms with Crippen LogP contribution in [-0.4, -0.2) is 74.3 Å². The second-order valence-corrected chi connectivity index (χ2v) is 25.4. The first kappa shape index (κ1) is 79.7. The number of quaternary nitrogens is 1. The summed E-state index contributed by atoms with van der Waals surface area (Å²) in [6.07, 6.45) is 85.1. The highest BCUT2D eigenvalue weighted by atomic mass is 31.2. The highest BCUT2D eigenvalue weighted by molar-refractivity contribution is 7.47. The summed E-state index contributed by atoms with van der Waals surface area (Å²) in [5.41, 5.74) is 0. The number of hydrogen-bond acceptors (Lipinski definition) is 6. The van der Waals surface area contributed by atoms with E-state index in [1.807, 2.05) is 33.3 Å². The zero-order valence-corrected chi connectivity index (χ0v) is 55.6. The normalized spacial score (nSPS) is 14.3. The highest BCUT2D eigenvalue weighted by Gasteiger charge is 2.30. The van der Waals surface area contributed by atoms with E-state index in [1.54, 1.807) is 0 Å². The highest BCUT2D eigenvalue weighted by Crippen LogP contribution is 2.43. The van der Waals surface area contributed by atoms with Crippen molar-refractivity contribution in [3.05, 3.63) is 109 Å². The van der Waals surface area contributed by atoms with E-state index in [4.69, 9.17) is 13.8 Å². The predicted molar refractivity (Wildman–Crippen MR) is 360 cm³/mol. The maximum absolute atomic E-state index is 13.6. The number of esters is 1. The molecule has 83 heavy (non-hydrogen) atoms. The van der Waals surface area contributed by atoms with Gasteiger partial charge in [-0.05, 0) is 115 Å². The maximum Gasteiger partial charge on any atom is 0.472 e. The van der Waals surface area contributed by atoms with E-state index in [9.17, 15) is 19.0 Å². The van der Waals surface area contributed by atoms with Gasteiger partial charge >= 0.3 is 13.8 Å². The summed E-state index contributed by atoms with van der Waals surface area (Å²) in [5, 5.41) is 3.06. The van der Waals surface area contributed by atoms with E-state index >= 15 is 0 Å². The summed E-state index contributed by atoms with van der Waals surface area (Å²) in [6.45, 7) is 6.87. The fraction of sp³-hybridized carbons (Fsp3) is 0.726. The number of rotatable bonds is 61. The standard InChI is InChI=1S/C73H129N2O7P/c1-7-10-13-16-19-22-25-28-30-32-34-35-36-37-38-39-41-42-44-47-50-53-56-59-62-65-72(76)74-70(69-81-83(78,79)80-68-67-75(4,5)6)71(64-61-58-55-52-49-46-27-24-21-18-15-12-9-3)82-73(77)66-63-60-57-54-51-48-45-43-40-33-31-29-26-23-20-17-14-11-8-2/h10,13,19-20,22-23,28-31,34-35,37-38,41-42,61,64,70-71H,7-9,11-12,14-18,21,24-27,32-33,36,39-40,43-60,62-63,65-69H2,1-6H3,(H-,74,76,78,79)/p+1/b13-10-,22-19-,23-20-,30-28-,31-29-,35-34-,38-37-,42-41-,64-61-. The Balaban J connectivity index is 5.21. The predicted octanol–water partition coefficient (Wildman–Crippen LogP) is 21.7. The fourth-order valence-corrected chi connectivity index (χ4v) is 10.2. The van der Waals surface area contributed by atoms with Crippen LogP contribution in [0.2, 0.25) is 0 Å². The van der Waals surface area contributed by atoms with Crippen molar-refractivity contribution in [1.82, 2.24) is 5.32 Å². The van der Waals surface area contributed by atoms with Crippen LogP contribution in [-0.2, 0) is 27.9 Å². The van der Waals surface area contributed by atoms with Gasteiger partial charge in [0.1, 0.15) is 19.3 Å². The van der Waals surface area contributed by atoms with Gasteiger partial charge in [-0.15, -0.1) is 0 Å². The van der Waals surface area contributed by atoms with Crippen molar-refractivity contribution in [3.8, 4) is 0 Å². The van der Waals surface area contributed by atoms with Crippen molar-refractivity contribution < 1.29 is 37.3 Å². The number of phosphoric acid groups is 1. The molecule has 0 aromatic carbocycles. The van der Waals surface area contributed by atoms with Crippen LogP contribution >= 0.6 is 7.82 Å². The smallest absolute Gasteiger partial charge is 0.456 e. The first-order valence-corrected chi connectivity index (χ1v) is 35.7. The number of allylic oxidation sites excluding steroid dienone is 17. The third-order valence-electron chi connectivity index (χ3n) is 14.7. The summed E-state index contributed by atoms with van der Waals surface area (Å²) < 4.78 is 30.8. The third kappa shape index (κ3) is 63.0. The molecule has 3 atom stereocenters. The number of carbonyl (C=O) groups is 2. The first-order valence-electron chi connectivity index (χ1n) is 34.2. The van der Waals surface area contributed by atoms with Crippen molar-refractivity contribution in [3.63, 3.8) is 0 Å². The summed E-state index contributed by atoms with van der Waals surface area (Å²) in [5.74, 6) is -0.527. The van der Waals surface area contributed by atoms with Gasteiger partial charge in [-0.1, -0.05) is 272 Å². The van der Waals surface area contributed by atoms with Crippen molar-refractivity contribution in [2.45, 2.75) is 303 Å². The van der Waals surface area contributed by atoms with E-state index in [-0.39, 0.29) is 31.5 Å². The number of ether oxygens (including phenoxy) is 1. The van der Waals surface area contributed by atoms with Crippen molar-refractivity contribution >= 4 is 19.7 Å².